The monoisotopic (exact) mass is 304 g/mol. The van der Waals surface area contributed by atoms with E-state index in [9.17, 15) is 4.79 Å². The first-order chi connectivity index (χ1) is 10.7. The minimum atomic E-state index is -0.103. The van der Waals surface area contributed by atoms with E-state index in [0.717, 1.165) is 43.9 Å². The third kappa shape index (κ3) is 3.38. The van der Waals surface area contributed by atoms with Gasteiger partial charge in [0.15, 0.2) is 0 Å². The number of aromatic nitrogens is 2. The van der Waals surface area contributed by atoms with Crippen LogP contribution in [0.4, 0.5) is 4.79 Å². The largest absolute Gasteiger partial charge is 0.381 e. The van der Waals surface area contributed by atoms with Gasteiger partial charge in [-0.15, -0.1) is 0 Å². The number of hydrogen-bond acceptors (Lipinski definition) is 4. The van der Waals surface area contributed by atoms with Crippen LogP contribution in [0.2, 0.25) is 0 Å². The minimum absolute atomic E-state index is 0.103. The van der Waals surface area contributed by atoms with Gasteiger partial charge in [-0.3, -0.25) is 0 Å². The first-order valence-corrected chi connectivity index (χ1v) is 8.08. The summed E-state index contributed by atoms with van der Waals surface area (Å²) in [6.45, 7) is 3.98. The summed E-state index contributed by atoms with van der Waals surface area (Å²) in [6, 6.07) is 2.05. The van der Waals surface area contributed by atoms with Crippen molar-refractivity contribution in [2.75, 3.05) is 13.2 Å². The third-order valence-corrected chi connectivity index (χ3v) is 4.99. The van der Waals surface area contributed by atoms with E-state index < -0.39 is 0 Å². The molecule has 3 rings (SSSR count). The summed E-state index contributed by atoms with van der Waals surface area (Å²) in [7, 11) is 0. The maximum absolute atomic E-state index is 12.2. The third-order valence-electron chi connectivity index (χ3n) is 4.99. The molecule has 1 aliphatic carbocycles. The molecule has 2 N–H and O–H groups in total. The first-order valence-electron chi connectivity index (χ1n) is 8.08. The molecule has 1 saturated carbocycles. The molecule has 0 bridgehead atoms. The standard InChI is InChI=1S/C16H24N4O2/c1-12-9-13(19-11-18-12)10-17-15(21)20-14-3-2-4-16(14)5-7-22-8-6-16/h9,11,14H,2-8,10H2,1H3,(H2,17,20,21). The van der Waals surface area contributed by atoms with Gasteiger partial charge in [0, 0.05) is 24.9 Å². The van der Waals surface area contributed by atoms with Crippen molar-refractivity contribution in [2.24, 2.45) is 5.41 Å². The summed E-state index contributed by atoms with van der Waals surface area (Å²) in [5.74, 6) is 0. The van der Waals surface area contributed by atoms with Gasteiger partial charge in [0.25, 0.3) is 0 Å². The summed E-state index contributed by atoms with van der Waals surface area (Å²) in [6.07, 6.45) is 7.10. The zero-order valence-corrected chi connectivity index (χ0v) is 13.1. The van der Waals surface area contributed by atoms with Crippen molar-refractivity contribution in [3.63, 3.8) is 0 Å². The Labute approximate surface area is 131 Å². The van der Waals surface area contributed by atoms with Crippen molar-refractivity contribution in [3.8, 4) is 0 Å². The molecule has 1 aromatic heterocycles. The van der Waals surface area contributed by atoms with Gasteiger partial charge in [-0.25, -0.2) is 14.8 Å². The number of urea groups is 1. The molecule has 1 unspecified atom stereocenters. The van der Waals surface area contributed by atoms with Gasteiger partial charge in [-0.1, -0.05) is 6.42 Å². The zero-order valence-electron chi connectivity index (χ0n) is 13.1. The molecule has 120 valence electrons. The quantitative estimate of drug-likeness (QED) is 0.894. The Morgan fingerprint density at radius 1 is 1.36 bits per heavy atom. The molecule has 1 aromatic rings. The molecule has 1 aliphatic heterocycles. The van der Waals surface area contributed by atoms with E-state index in [1.165, 1.54) is 19.2 Å². The van der Waals surface area contributed by atoms with Crippen molar-refractivity contribution in [2.45, 2.75) is 51.6 Å². The highest BCUT2D eigenvalue weighted by atomic mass is 16.5. The van der Waals surface area contributed by atoms with Gasteiger partial charge in [-0.05, 0) is 44.1 Å². The van der Waals surface area contributed by atoms with E-state index in [4.69, 9.17) is 4.74 Å². The molecule has 6 nitrogen and oxygen atoms in total. The van der Waals surface area contributed by atoms with E-state index in [2.05, 4.69) is 20.6 Å². The van der Waals surface area contributed by atoms with Crippen LogP contribution in [0.25, 0.3) is 0 Å². The Bertz CT molecular complexity index is 529. The molecule has 0 aromatic carbocycles. The Balaban J connectivity index is 1.53. The average molecular weight is 304 g/mol. The van der Waals surface area contributed by atoms with E-state index in [1.807, 2.05) is 13.0 Å². The van der Waals surface area contributed by atoms with Crippen LogP contribution in [0.3, 0.4) is 0 Å². The Hall–Kier alpha value is -1.69. The summed E-state index contributed by atoms with van der Waals surface area (Å²) < 4.78 is 5.48. The van der Waals surface area contributed by atoms with E-state index in [1.54, 1.807) is 0 Å². The maximum atomic E-state index is 12.2. The number of amides is 2. The molecule has 2 heterocycles. The molecule has 1 saturated heterocycles. The number of aryl methyl sites for hydroxylation is 1. The molecule has 2 fully saturated rings. The SMILES string of the molecule is Cc1cc(CNC(=O)NC2CCCC23CCOCC3)ncn1. The lowest BCUT2D eigenvalue weighted by Gasteiger charge is -2.39. The van der Waals surface area contributed by atoms with Crippen LogP contribution < -0.4 is 10.6 Å². The van der Waals surface area contributed by atoms with Crippen molar-refractivity contribution in [3.05, 3.63) is 23.8 Å². The van der Waals surface area contributed by atoms with Crippen LogP contribution in [0.15, 0.2) is 12.4 Å². The van der Waals surface area contributed by atoms with Crippen LogP contribution in [0, 0.1) is 12.3 Å². The lowest BCUT2D eigenvalue weighted by atomic mass is 9.75. The molecule has 6 heteroatoms. The summed E-state index contributed by atoms with van der Waals surface area (Å²) in [5, 5.41) is 6.08. The predicted octanol–water partition coefficient (Wildman–Crippen LogP) is 1.93. The van der Waals surface area contributed by atoms with Crippen LogP contribution >= 0.6 is 0 Å². The van der Waals surface area contributed by atoms with Crippen LogP contribution in [0.1, 0.15) is 43.5 Å². The van der Waals surface area contributed by atoms with Crippen molar-refractivity contribution in [1.82, 2.24) is 20.6 Å². The average Bonchev–Trinajstić information content (AvgIpc) is 2.88. The van der Waals surface area contributed by atoms with Crippen LogP contribution in [0.5, 0.6) is 0 Å². The highest BCUT2D eigenvalue weighted by Gasteiger charge is 2.44. The number of carbonyl (C=O) groups is 1. The summed E-state index contributed by atoms with van der Waals surface area (Å²) in [4.78, 5) is 20.4. The first kappa shape index (κ1) is 15.2. The molecule has 2 amide bonds. The van der Waals surface area contributed by atoms with E-state index in [-0.39, 0.29) is 17.5 Å². The second-order valence-electron chi connectivity index (χ2n) is 6.40. The number of ether oxygens (including phenoxy) is 1. The van der Waals surface area contributed by atoms with Crippen molar-refractivity contribution >= 4 is 6.03 Å². The normalized spacial score (nSPS) is 23.4. The van der Waals surface area contributed by atoms with Crippen LogP contribution in [-0.4, -0.2) is 35.3 Å². The Morgan fingerprint density at radius 3 is 2.95 bits per heavy atom. The zero-order chi connectivity index (χ0) is 15.4. The fraction of sp³-hybridized carbons (Fsp3) is 0.688. The highest BCUT2D eigenvalue weighted by Crippen LogP contribution is 2.45. The highest BCUT2D eigenvalue weighted by molar-refractivity contribution is 5.74. The van der Waals surface area contributed by atoms with E-state index in [0.29, 0.717) is 6.54 Å². The number of hydrogen-bond donors (Lipinski definition) is 2. The van der Waals surface area contributed by atoms with Gasteiger partial charge in [0.1, 0.15) is 6.33 Å². The Morgan fingerprint density at radius 2 is 2.18 bits per heavy atom. The minimum Gasteiger partial charge on any atom is -0.381 e. The predicted molar refractivity (Wildman–Crippen MR) is 82.3 cm³/mol. The van der Waals surface area contributed by atoms with Crippen molar-refractivity contribution < 1.29 is 9.53 Å². The van der Waals surface area contributed by atoms with Crippen LogP contribution in [-0.2, 0) is 11.3 Å². The second-order valence-corrected chi connectivity index (χ2v) is 6.40. The van der Waals surface area contributed by atoms with Gasteiger partial charge in [-0.2, -0.15) is 0 Å². The molecule has 2 aliphatic rings. The number of rotatable bonds is 3. The van der Waals surface area contributed by atoms with E-state index >= 15 is 0 Å². The molecular formula is C16H24N4O2. The number of nitrogens with one attached hydrogen (secondary N) is 2. The lowest BCUT2D eigenvalue weighted by molar-refractivity contribution is 0.00623. The summed E-state index contributed by atoms with van der Waals surface area (Å²) >= 11 is 0. The molecule has 1 spiro atoms. The lowest BCUT2D eigenvalue weighted by Crippen LogP contribution is -2.50. The van der Waals surface area contributed by atoms with Gasteiger partial charge in [0.05, 0.1) is 12.2 Å². The molecule has 22 heavy (non-hydrogen) atoms. The molecule has 1 atom stereocenters. The maximum Gasteiger partial charge on any atom is 0.315 e. The van der Waals surface area contributed by atoms with Crippen molar-refractivity contribution in [1.29, 1.82) is 0 Å². The molecule has 0 radical (unpaired) electrons. The topological polar surface area (TPSA) is 76.1 Å². The Kier molecular flexibility index (Phi) is 4.57. The fourth-order valence-corrected chi connectivity index (χ4v) is 3.73. The second kappa shape index (κ2) is 6.60. The summed E-state index contributed by atoms with van der Waals surface area (Å²) in [5.41, 5.74) is 1.99. The number of carbonyl (C=O) groups excluding carboxylic acids is 1. The fourth-order valence-electron chi connectivity index (χ4n) is 3.73. The van der Waals surface area contributed by atoms with Gasteiger partial charge in [0.2, 0.25) is 0 Å². The molecular weight excluding hydrogens is 280 g/mol. The number of nitrogens with zero attached hydrogens (tertiary/aromatic N) is 2. The smallest absolute Gasteiger partial charge is 0.315 e. The van der Waals surface area contributed by atoms with Gasteiger partial charge < -0.3 is 15.4 Å². The van der Waals surface area contributed by atoms with Gasteiger partial charge >= 0.3 is 6.03 Å².